The van der Waals surface area contributed by atoms with Crippen LogP contribution in [0.5, 0.6) is 17.2 Å². The molecule has 0 bridgehead atoms. The molecule has 12 heteroatoms. The Bertz CT molecular complexity index is 1740. The van der Waals surface area contributed by atoms with Gasteiger partial charge in [-0.2, -0.15) is 13.2 Å². The first-order valence-corrected chi connectivity index (χ1v) is 13.8. The Kier molecular flexibility index (Phi) is 8.79. The molecule has 3 aromatic carbocycles. The molecule has 1 aliphatic heterocycles. The minimum Gasteiger partial charge on any atom is -0.486 e. The lowest BCUT2D eigenvalue weighted by Crippen LogP contribution is -2.47. The molecule has 5 rings (SSSR count). The Hall–Kier alpha value is -5.00. The number of esters is 1. The topological polar surface area (TPSA) is 113 Å². The third kappa shape index (κ3) is 6.64. The van der Waals surface area contributed by atoms with Crippen LogP contribution in [0.2, 0.25) is 0 Å². The van der Waals surface area contributed by atoms with E-state index in [1.807, 2.05) is 13.0 Å². The zero-order chi connectivity index (χ0) is 31.4. The highest BCUT2D eigenvalue weighted by Gasteiger charge is 2.40. The van der Waals surface area contributed by atoms with Crippen molar-refractivity contribution in [2.24, 2.45) is 5.92 Å². The van der Waals surface area contributed by atoms with Crippen molar-refractivity contribution in [1.82, 2.24) is 5.32 Å². The van der Waals surface area contributed by atoms with Gasteiger partial charge in [-0.15, -0.1) is 0 Å². The molecule has 44 heavy (non-hydrogen) atoms. The number of fused-ring (bicyclic) bond motifs is 2. The van der Waals surface area contributed by atoms with Crippen molar-refractivity contribution in [3.63, 3.8) is 0 Å². The van der Waals surface area contributed by atoms with Crippen molar-refractivity contribution < 1.29 is 46.1 Å². The molecule has 1 aromatic heterocycles. The van der Waals surface area contributed by atoms with Crippen molar-refractivity contribution in [2.45, 2.75) is 39.1 Å². The van der Waals surface area contributed by atoms with E-state index in [0.29, 0.717) is 12.2 Å². The summed E-state index contributed by atoms with van der Waals surface area (Å²) in [5.74, 6) is -2.40. The Balaban J connectivity index is 1.41. The van der Waals surface area contributed by atoms with E-state index in [1.165, 1.54) is 30.3 Å². The molecule has 9 nitrogen and oxygen atoms in total. The van der Waals surface area contributed by atoms with Crippen LogP contribution in [0.1, 0.15) is 31.6 Å². The molecule has 0 saturated heterocycles. The molecule has 0 aliphatic carbocycles. The summed E-state index contributed by atoms with van der Waals surface area (Å²) in [6, 6.07) is 15.4. The number of carbonyl (C=O) groups excluding carboxylic acids is 2. The van der Waals surface area contributed by atoms with Crippen molar-refractivity contribution in [3.8, 4) is 28.4 Å². The fourth-order valence-corrected chi connectivity index (χ4v) is 4.64. The van der Waals surface area contributed by atoms with Gasteiger partial charge >= 0.3 is 18.2 Å². The van der Waals surface area contributed by atoms with Gasteiger partial charge in [0.1, 0.15) is 37.2 Å². The first-order chi connectivity index (χ1) is 21.0. The van der Waals surface area contributed by atoms with Crippen molar-refractivity contribution in [1.29, 1.82) is 0 Å². The first-order valence-electron chi connectivity index (χ1n) is 13.8. The number of alkyl halides is 3. The molecule has 2 unspecified atom stereocenters. The standard InChI is InChI=1S/C32H28F3NO8/c1-3-18(2)27(36-31(39)42-17-19-7-5-4-6-8-19)30(38)43-21-10-11-22-24(16-21)44-29(32(33,34)35)26(28(22)37)20-9-12-23-25(15-20)41-14-13-40-23/h4-12,15-16,18,27H,3,13-14,17H2,1-2H3,(H,36,39). The van der Waals surface area contributed by atoms with Crippen LogP contribution in [0.15, 0.2) is 75.9 Å². The number of hydrogen-bond acceptors (Lipinski definition) is 8. The quantitative estimate of drug-likeness (QED) is 0.178. The van der Waals surface area contributed by atoms with Gasteiger partial charge in [0.25, 0.3) is 0 Å². The van der Waals surface area contributed by atoms with Crippen molar-refractivity contribution >= 4 is 23.0 Å². The second kappa shape index (κ2) is 12.7. The number of hydrogen-bond donors (Lipinski definition) is 1. The van der Waals surface area contributed by atoms with Gasteiger partial charge in [0.2, 0.25) is 11.2 Å². The number of nitrogens with one attached hydrogen (secondary N) is 1. The average molecular weight is 612 g/mol. The number of benzene rings is 3. The molecule has 0 fully saturated rings. The summed E-state index contributed by atoms with van der Waals surface area (Å²) in [5, 5.41) is 2.34. The van der Waals surface area contributed by atoms with Gasteiger partial charge in [-0.3, -0.25) is 4.79 Å². The smallest absolute Gasteiger partial charge is 0.450 e. The average Bonchev–Trinajstić information content (AvgIpc) is 3.02. The number of carbonyl (C=O) groups is 2. The summed E-state index contributed by atoms with van der Waals surface area (Å²) in [6.45, 7) is 4.01. The second-order valence-corrected chi connectivity index (χ2v) is 10.1. The van der Waals surface area contributed by atoms with E-state index in [9.17, 15) is 27.6 Å². The Labute approximate surface area is 249 Å². The summed E-state index contributed by atoms with van der Waals surface area (Å²) >= 11 is 0. The SMILES string of the molecule is CCC(C)C(NC(=O)OCc1ccccc1)C(=O)Oc1ccc2c(=O)c(-c3ccc4c(c3)OCCO4)c(C(F)(F)F)oc2c1. The molecule has 230 valence electrons. The molecule has 1 aliphatic rings. The van der Waals surface area contributed by atoms with Crippen LogP contribution in [0.4, 0.5) is 18.0 Å². The van der Waals surface area contributed by atoms with Gasteiger partial charge < -0.3 is 28.7 Å². The molecule has 0 radical (unpaired) electrons. The largest absolute Gasteiger partial charge is 0.486 e. The van der Waals surface area contributed by atoms with Crippen molar-refractivity contribution in [2.75, 3.05) is 13.2 Å². The third-order valence-corrected chi connectivity index (χ3v) is 7.12. The number of ether oxygens (including phenoxy) is 4. The molecular formula is C32H28F3NO8. The lowest BCUT2D eigenvalue weighted by Gasteiger charge is -2.22. The maximum Gasteiger partial charge on any atom is 0.450 e. The lowest BCUT2D eigenvalue weighted by molar-refractivity contribution is -0.152. The third-order valence-electron chi connectivity index (χ3n) is 7.12. The van der Waals surface area contributed by atoms with Crippen LogP contribution in [0.25, 0.3) is 22.1 Å². The molecule has 1 amide bonds. The fraction of sp³-hybridized carbons (Fsp3) is 0.281. The van der Waals surface area contributed by atoms with E-state index in [4.69, 9.17) is 23.4 Å². The van der Waals surface area contributed by atoms with Gasteiger partial charge in [0, 0.05) is 6.07 Å². The Morgan fingerprint density at radius 2 is 1.70 bits per heavy atom. The van der Waals surface area contributed by atoms with E-state index in [-0.39, 0.29) is 48.2 Å². The molecule has 0 saturated carbocycles. The van der Waals surface area contributed by atoms with E-state index in [0.717, 1.165) is 11.6 Å². The van der Waals surface area contributed by atoms with Crippen LogP contribution in [-0.2, 0) is 22.3 Å². The highest BCUT2D eigenvalue weighted by Crippen LogP contribution is 2.40. The highest BCUT2D eigenvalue weighted by molar-refractivity contribution is 5.87. The number of rotatable bonds is 8. The van der Waals surface area contributed by atoms with Crippen LogP contribution in [-0.4, -0.2) is 31.3 Å². The summed E-state index contributed by atoms with van der Waals surface area (Å²) in [7, 11) is 0. The number of amides is 1. The van der Waals surface area contributed by atoms with E-state index >= 15 is 0 Å². The van der Waals surface area contributed by atoms with Gasteiger partial charge in [0.05, 0.1) is 10.9 Å². The fourth-order valence-electron chi connectivity index (χ4n) is 4.64. The van der Waals surface area contributed by atoms with Gasteiger partial charge in [0.15, 0.2) is 11.5 Å². The van der Waals surface area contributed by atoms with Crippen LogP contribution in [0.3, 0.4) is 0 Å². The monoisotopic (exact) mass is 611 g/mol. The zero-order valence-corrected chi connectivity index (χ0v) is 23.7. The molecule has 2 atom stereocenters. The van der Waals surface area contributed by atoms with E-state index in [2.05, 4.69) is 5.32 Å². The first kappa shape index (κ1) is 30.5. The maximum atomic E-state index is 14.2. The molecular weight excluding hydrogens is 583 g/mol. The highest BCUT2D eigenvalue weighted by atomic mass is 19.4. The zero-order valence-electron chi connectivity index (χ0n) is 23.7. The van der Waals surface area contributed by atoms with E-state index in [1.54, 1.807) is 31.2 Å². The Morgan fingerprint density at radius 1 is 0.977 bits per heavy atom. The van der Waals surface area contributed by atoms with Crippen LogP contribution >= 0.6 is 0 Å². The number of halogens is 3. The predicted octanol–water partition coefficient (Wildman–Crippen LogP) is 6.50. The molecule has 4 aromatic rings. The summed E-state index contributed by atoms with van der Waals surface area (Å²) < 4.78 is 69.4. The van der Waals surface area contributed by atoms with Gasteiger partial charge in [-0.05, 0) is 41.3 Å². The molecule has 1 N–H and O–H groups in total. The maximum absolute atomic E-state index is 14.2. The number of alkyl carbamates (subject to hydrolysis) is 1. The van der Waals surface area contributed by atoms with Gasteiger partial charge in [-0.1, -0.05) is 56.7 Å². The van der Waals surface area contributed by atoms with Crippen LogP contribution < -0.4 is 25.0 Å². The van der Waals surface area contributed by atoms with E-state index < -0.39 is 46.6 Å². The summed E-state index contributed by atoms with van der Waals surface area (Å²) in [6.07, 6.45) is -5.39. The minimum absolute atomic E-state index is 0.0194. The summed E-state index contributed by atoms with van der Waals surface area (Å²) in [4.78, 5) is 39.0. The van der Waals surface area contributed by atoms with Gasteiger partial charge in [-0.25, -0.2) is 9.59 Å². The second-order valence-electron chi connectivity index (χ2n) is 10.1. The normalized spacial score (nSPS) is 14.0. The molecule has 2 heterocycles. The lowest BCUT2D eigenvalue weighted by atomic mass is 9.99. The van der Waals surface area contributed by atoms with Crippen LogP contribution in [0, 0.1) is 5.92 Å². The minimum atomic E-state index is -5.03. The Morgan fingerprint density at radius 3 is 2.41 bits per heavy atom. The van der Waals surface area contributed by atoms with Crippen molar-refractivity contribution in [3.05, 3.63) is 88.3 Å². The summed E-state index contributed by atoms with van der Waals surface area (Å²) in [5.41, 5.74) is -1.38. The predicted molar refractivity (Wildman–Crippen MR) is 153 cm³/mol. The molecule has 0 spiro atoms.